The minimum absolute atomic E-state index is 0.0281. The van der Waals surface area contributed by atoms with Gasteiger partial charge in [-0.3, -0.25) is 4.79 Å². The van der Waals surface area contributed by atoms with Crippen molar-refractivity contribution >= 4 is 52.5 Å². The summed E-state index contributed by atoms with van der Waals surface area (Å²) < 4.78 is 10.2. The van der Waals surface area contributed by atoms with E-state index in [0.717, 1.165) is 11.8 Å². The fourth-order valence-electron chi connectivity index (χ4n) is 2.21. The van der Waals surface area contributed by atoms with Crippen molar-refractivity contribution in [1.29, 1.82) is 0 Å². The van der Waals surface area contributed by atoms with Gasteiger partial charge in [-0.15, -0.1) is 10.2 Å². The number of carbonyl (C=O) groups is 2. The largest absolute Gasteiger partial charge is 0.465 e. The van der Waals surface area contributed by atoms with Crippen molar-refractivity contribution in [2.24, 2.45) is 0 Å². The van der Waals surface area contributed by atoms with Crippen LogP contribution < -0.4 is 5.32 Å². The van der Waals surface area contributed by atoms with Crippen molar-refractivity contribution in [3.8, 4) is 11.5 Å². The molecule has 0 saturated heterocycles. The number of esters is 1. The number of carbonyl (C=O) groups excluding carboxylic acids is 2. The summed E-state index contributed by atoms with van der Waals surface area (Å²) in [6.45, 7) is 0. The van der Waals surface area contributed by atoms with Crippen LogP contribution in [0.5, 0.6) is 0 Å². The second kappa shape index (κ2) is 9.09. The number of anilines is 1. The van der Waals surface area contributed by atoms with Crippen molar-refractivity contribution in [2.75, 3.05) is 18.2 Å². The lowest BCUT2D eigenvalue weighted by Crippen LogP contribution is -2.14. The molecular formula is C18H13Cl2N3O4S. The van der Waals surface area contributed by atoms with E-state index < -0.39 is 5.97 Å². The first-order valence-electron chi connectivity index (χ1n) is 7.87. The molecule has 0 aliphatic carbocycles. The van der Waals surface area contributed by atoms with Crippen LogP contribution in [0.4, 0.5) is 5.69 Å². The van der Waals surface area contributed by atoms with Gasteiger partial charge in [-0.25, -0.2) is 4.79 Å². The van der Waals surface area contributed by atoms with E-state index in [9.17, 15) is 9.59 Å². The molecule has 1 amide bonds. The number of aromatic nitrogens is 2. The Labute approximate surface area is 174 Å². The Bertz CT molecular complexity index is 1030. The van der Waals surface area contributed by atoms with Gasteiger partial charge >= 0.3 is 5.97 Å². The highest BCUT2D eigenvalue weighted by Crippen LogP contribution is 2.28. The summed E-state index contributed by atoms with van der Waals surface area (Å²) in [6.07, 6.45) is 0. The fourth-order valence-corrected chi connectivity index (χ4v) is 3.18. The molecule has 7 nitrogen and oxygen atoms in total. The Morgan fingerprint density at radius 2 is 1.93 bits per heavy atom. The number of benzene rings is 2. The molecule has 0 aliphatic heterocycles. The highest BCUT2D eigenvalue weighted by atomic mass is 35.5. The number of thioether (sulfide) groups is 1. The van der Waals surface area contributed by atoms with Gasteiger partial charge in [0.25, 0.3) is 5.22 Å². The van der Waals surface area contributed by atoms with Crippen molar-refractivity contribution in [1.82, 2.24) is 10.2 Å². The van der Waals surface area contributed by atoms with E-state index in [4.69, 9.17) is 27.6 Å². The number of methoxy groups -OCH3 is 1. The first-order chi connectivity index (χ1) is 13.5. The van der Waals surface area contributed by atoms with Gasteiger partial charge in [0.15, 0.2) is 0 Å². The van der Waals surface area contributed by atoms with E-state index in [1.165, 1.54) is 19.2 Å². The minimum atomic E-state index is -0.589. The minimum Gasteiger partial charge on any atom is -0.465 e. The number of hydrogen-bond donors (Lipinski definition) is 1. The molecule has 0 radical (unpaired) electrons. The van der Waals surface area contributed by atoms with E-state index in [-0.39, 0.29) is 33.4 Å². The zero-order valence-corrected chi connectivity index (χ0v) is 16.8. The average Bonchev–Trinajstić information content (AvgIpc) is 3.16. The van der Waals surface area contributed by atoms with Crippen LogP contribution in [0.1, 0.15) is 10.4 Å². The molecular weight excluding hydrogens is 425 g/mol. The topological polar surface area (TPSA) is 94.3 Å². The summed E-state index contributed by atoms with van der Waals surface area (Å²) in [5.74, 6) is -0.608. The van der Waals surface area contributed by atoms with Crippen LogP contribution in [0.15, 0.2) is 52.1 Å². The third-order valence-corrected chi connectivity index (χ3v) is 4.97. The van der Waals surface area contributed by atoms with E-state index in [2.05, 4.69) is 20.3 Å². The first-order valence-corrected chi connectivity index (χ1v) is 9.61. The molecule has 3 aromatic rings. The van der Waals surface area contributed by atoms with Gasteiger partial charge in [0, 0.05) is 5.69 Å². The SMILES string of the molecule is COC(=O)c1cc(NC(=O)CSc2nnc(-c3ccccc3Cl)o2)ccc1Cl. The second-order valence-corrected chi connectivity index (χ2v) is 7.12. The number of ether oxygens (including phenoxy) is 1. The number of nitrogens with one attached hydrogen (secondary N) is 1. The maximum Gasteiger partial charge on any atom is 0.339 e. The monoisotopic (exact) mass is 437 g/mol. The van der Waals surface area contributed by atoms with E-state index >= 15 is 0 Å². The van der Waals surface area contributed by atoms with Gasteiger partial charge in [0.05, 0.1) is 34.0 Å². The maximum atomic E-state index is 12.2. The Morgan fingerprint density at radius 1 is 1.14 bits per heavy atom. The quantitative estimate of drug-likeness (QED) is 0.445. The standard InChI is InChI=1S/C18H13Cl2N3O4S/c1-26-17(25)12-8-10(6-7-14(12)20)21-15(24)9-28-18-23-22-16(27-18)11-4-2-3-5-13(11)19/h2-8H,9H2,1H3,(H,21,24). The molecule has 10 heteroatoms. The van der Waals surface area contributed by atoms with Gasteiger partial charge in [-0.1, -0.05) is 47.1 Å². The number of halogens is 2. The summed E-state index contributed by atoms with van der Waals surface area (Å²) in [5, 5.41) is 11.5. The molecule has 0 bridgehead atoms. The smallest absolute Gasteiger partial charge is 0.339 e. The molecule has 0 spiro atoms. The van der Waals surface area contributed by atoms with Crippen molar-refractivity contribution in [3.05, 3.63) is 58.1 Å². The van der Waals surface area contributed by atoms with Gasteiger partial charge in [-0.05, 0) is 30.3 Å². The Morgan fingerprint density at radius 3 is 2.68 bits per heavy atom. The molecule has 0 fully saturated rings. The van der Waals surface area contributed by atoms with Crippen LogP contribution in [-0.4, -0.2) is 34.9 Å². The highest BCUT2D eigenvalue weighted by molar-refractivity contribution is 7.99. The van der Waals surface area contributed by atoms with Gasteiger partial charge in [0.2, 0.25) is 11.8 Å². The molecule has 1 heterocycles. The third kappa shape index (κ3) is 4.83. The van der Waals surface area contributed by atoms with E-state index in [1.807, 2.05) is 0 Å². The van der Waals surface area contributed by atoms with Crippen LogP contribution in [0.3, 0.4) is 0 Å². The van der Waals surface area contributed by atoms with Crippen LogP contribution in [0, 0.1) is 0 Å². The molecule has 2 aromatic carbocycles. The molecule has 0 atom stereocenters. The van der Waals surface area contributed by atoms with Crippen molar-refractivity contribution in [2.45, 2.75) is 5.22 Å². The third-order valence-electron chi connectivity index (χ3n) is 3.49. The molecule has 144 valence electrons. The normalized spacial score (nSPS) is 10.5. The molecule has 1 aromatic heterocycles. The summed E-state index contributed by atoms with van der Waals surface area (Å²) >= 11 is 13.1. The summed E-state index contributed by atoms with van der Waals surface area (Å²) in [4.78, 5) is 23.8. The number of hydrogen-bond acceptors (Lipinski definition) is 7. The van der Waals surface area contributed by atoms with Crippen LogP contribution in [-0.2, 0) is 9.53 Å². The molecule has 0 unspecified atom stereocenters. The predicted octanol–water partition coefficient (Wildman–Crippen LogP) is 4.56. The highest BCUT2D eigenvalue weighted by Gasteiger charge is 2.15. The lowest BCUT2D eigenvalue weighted by atomic mass is 10.2. The van der Waals surface area contributed by atoms with Crippen LogP contribution in [0.2, 0.25) is 10.0 Å². The van der Waals surface area contributed by atoms with E-state index in [0.29, 0.717) is 16.3 Å². The van der Waals surface area contributed by atoms with Gasteiger partial charge < -0.3 is 14.5 Å². The lowest BCUT2D eigenvalue weighted by Gasteiger charge is -2.07. The zero-order valence-electron chi connectivity index (χ0n) is 14.4. The average molecular weight is 438 g/mol. The Kier molecular flexibility index (Phi) is 6.56. The zero-order chi connectivity index (χ0) is 20.1. The predicted molar refractivity (Wildman–Crippen MR) is 107 cm³/mol. The maximum absolute atomic E-state index is 12.2. The summed E-state index contributed by atoms with van der Waals surface area (Å²) in [5.41, 5.74) is 1.19. The van der Waals surface area contributed by atoms with Gasteiger partial charge in [-0.2, -0.15) is 0 Å². The fraction of sp³-hybridized carbons (Fsp3) is 0.111. The van der Waals surface area contributed by atoms with Crippen molar-refractivity contribution < 1.29 is 18.7 Å². The number of rotatable bonds is 6. The molecule has 0 saturated carbocycles. The lowest BCUT2D eigenvalue weighted by molar-refractivity contribution is -0.113. The summed E-state index contributed by atoms with van der Waals surface area (Å²) in [6, 6.07) is 11.6. The second-order valence-electron chi connectivity index (χ2n) is 5.38. The molecule has 0 aliphatic rings. The Balaban J connectivity index is 1.61. The first kappa shape index (κ1) is 20.2. The van der Waals surface area contributed by atoms with E-state index in [1.54, 1.807) is 30.3 Å². The number of nitrogens with zero attached hydrogens (tertiary/aromatic N) is 2. The van der Waals surface area contributed by atoms with Crippen molar-refractivity contribution in [3.63, 3.8) is 0 Å². The molecule has 1 N–H and O–H groups in total. The molecule has 28 heavy (non-hydrogen) atoms. The van der Waals surface area contributed by atoms with Crippen LogP contribution in [0.25, 0.3) is 11.5 Å². The Hall–Kier alpha value is -2.55. The number of amides is 1. The summed E-state index contributed by atoms with van der Waals surface area (Å²) in [7, 11) is 1.25. The van der Waals surface area contributed by atoms with Crippen LogP contribution >= 0.6 is 35.0 Å². The van der Waals surface area contributed by atoms with Gasteiger partial charge in [0.1, 0.15) is 0 Å². The molecule has 3 rings (SSSR count).